The first-order valence-electron chi connectivity index (χ1n) is 10.1. The highest BCUT2D eigenvalue weighted by Gasteiger charge is 2.21. The largest absolute Gasteiger partial charge is 0.393 e. The van der Waals surface area contributed by atoms with E-state index in [9.17, 15) is 18.1 Å². The smallest absolute Gasteiger partial charge is 0.267 e. The minimum atomic E-state index is -3.90. The Hall–Kier alpha value is -0.130. The van der Waals surface area contributed by atoms with Crippen LogP contribution in [0.4, 0.5) is 0 Å². The molecular weight excluding hydrogens is 324 g/mol. The molecule has 0 aliphatic heterocycles. The molecule has 2 atom stereocenters. The summed E-state index contributed by atoms with van der Waals surface area (Å²) in [4.78, 5) is 0. The quantitative estimate of drug-likeness (QED) is 0.264. The van der Waals surface area contributed by atoms with E-state index in [1.54, 1.807) is 0 Å². The highest BCUT2D eigenvalue weighted by Crippen LogP contribution is 2.18. The molecule has 0 spiro atoms. The van der Waals surface area contributed by atoms with Gasteiger partial charge in [0, 0.05) is 0 Å². The third-order valence-electron chi connectivity index (χ3n) is 4.76. The van der Waals surface area contributed by atoms with Crippen molar-refractivity contribution in [2.24, 2.45) is 0 Å². The van der Waals surface area contributed by atoms with Gasteiger partial charge in [-0.3, -0.25) is 4.55 Å². The van der Waals surface area contributed by atoms with Gasteiger partial charge in [0.15, 0.2) is 0 Å². The van der Waals surface area contributed by atoms with E-state index >= 15 is 0 Å². The van der Waals surface area contributed by atoms with Gasteiger partial charge in [-0.25, -0.2) is 0 Å². The van der Waals surface area contributed by atoms with E-state index in [2.05, 4.69) is 13.8 Å². The number of aliphatic hydroxyl groups excluding tert-OH is 1. The first-order valence-corrected chi connectivity index (χ1v) is 11.6. The van der Waals surface area contributed by atoms with E-state index in [-0.39, 0.29) is 6.10 Å². The molecule has 4 nitrogen and oxygen atoms in total. The van der Waals surface area contributed by atoms with Gasteiger partial charge in [0.1, 0.15) is 0 Å². The molecule has 0 fully saturated rings. The van der Waals surface area contributed by atoms with Gasteiger partial charge >= 0.3 is 0 Å². The van der Waals surface area contributed by atoms with Crippen molar-refractivity contribution in [1.29, 1.82) is 0 Å². The number of unbranched alkanes of at least 4 members (excludes halogenated alkanes) is 8. The molecule has 0 saturated carbocycles. The molecule has 146 valence electrons. The van der Waals surface area contributed by atoms with Crippen LogP contribution in [0.5, 0.6) is 0 Å². The lowest BCUT2D eigenvalue weighted by atomic mass is 10.0. The molecule has 0 aliphatic rings. The Morgan fingerprint density at radius 3 is 1.50 bits per heavy atom. The van der Waals surface area contributed by atoms with Crippen molar-refractivity contribution < 1.29 is 18.1 Å². The zero-order valence-corrected chi connectivity index (χ0v) is 16.7. The molecule has 5 heteroatoms. The van der Waals surface area contributed by atoms with Gasteiger partial charge in [0.25, 0.3) is 10.1 Å². The van der Waals surface area contributed by atoms with Crippen LogP contribution in [-0.2, 0) is 10.1 Å². The van der Waals surface area contributed by atoms with Crippen LogP contribution < -0.4 is 0 Å². The van der Waals surface area contributed by atoms with Crippen molar-refractivity contribution in [2.45, 2.75) is 122 Å². The average Bonchev–Trinajstić information content (AvgIpc) is 2.51. The van der Waals surface area contributed by atoms with Crippen LogP contribution in [0.2, 0.25) is 0 Å². The van der Waals surface area contributed by atoms with Crippen molar-refractivity contribution >= 4 is 10.1 Å². The fourth-order valence-corrected chi connectivity index (χ4v) is 4.05. The third kappa shape index (κ3) is 14.2. The Labute approximate surface area is 150 Å². The Morgan fingerprint density at radius 1 is 0.667 bits per heavy atom. The summed E-state index contributed by atoms with van der Waals surface area (Å²) in [6.07, 6.45) is 14.3. The Morgan fingerprint density at radius 2 is 1.04 bits per heavy atom. The van der Waals surface area contributed by atoms with Crippen LogP contribution in [0.1, 0.15) is 110 Å². The topological polar surface area (TPSA) is 74.6 Å². The predicted octanol–water partition coefficient (Wildman–Crippen LogP) is 5.50. The van der Waals surface area contributed by atoms with Crippen molar-refractivity contribution in [3.05, 3.63) is 0 Å². The zero-order valence-electron chi connectivity index (χ0n) is 15.9. The standard InChI is InChI=1S/C19H40O4S/c1-3-5-10-14-18(20)15-12-8-7-9-13-17-19(24(21,22)23)16-11-6-4-2/h18-20H,3-17H2,1-2H3,(H,21,22,23). The SMILES string of the molecule is CCCCCC(O)CCCCCCCC(CCCCC)S(=O)(=O)O. The molecule has 0 rings (SSSR count). The van der Waals surface area contributed by atoms with Gasteiger partial charge in [0.05, 0.1) is 11.4 Å². The van der Waals surface area contributed by atoms with Gasteiger partial charge in [0.2, 0.25) is 0 Å². The van der Waals surface area contributed by atoms with Crippen LogP contribution in [-0.4, -0.2) is 29.4 Å². The lowest BCUT2D eigenvalue weighted by molar-refractivity contribution is 0.147. The van der Waals surface area contributed by atoms with E-state index in [0.717, 1.165) is 70.6 Å². The summed E-state index contributed by atoms with van der Waals surface area (Å²) in [6.45, 7) is 4.26. The molecule has 24 heavy (non-hydrogen) atoms. The highest BCUT2D eigenvalue weighted by molar-refractivity contribution is 7.86. The second kappa shape index (κ2) is 15.2. The second-order valence-corrected chi connectivity index (χ2v) is 8.82. The van der Waals surface area contributed by atoms with Gasteiger partial charge in [-0.15, -0.1) is 0 Å². The highest BCUT2D eigenvalue weighted by atomic mass is 32.2. The lowest BCUT2D eigenvalue weighted by Crippen LogP contribution is -2.20. The molecule has 0 aromatic rings. The molecule has 0 heterocycles. The van der Waals surface area contributed by atoms with E-state index in [1.165, 1.54) is 12.8 Å². The van der Waals surface area contributed by atoms with Crippen molar-refractivity contribution in [2.75, 3.05) is 0 Å². The maximum absolute atomic E-state index is 11.4. The van der Waals surface area contributed by atoms with Gasteiger partial charge < -0.3 is 5.11 Å². The summed E-state index contributed by atoms with van der Waals surface area (Å²) in [7, 11) is -3.90. The number of hydrogen-bond donors (Lipinski definition) is 2. The maximum Gasteiger partial charge on any atom is 0.267 e. The summed E-state index contributed by atoms with van der Waals surface area (Å²) in [5, 5.41) is 9.27. The van der Waals surface area contributed by atoms with Crippen LogP contribution in [0.15, 0.2) is 0 Å². The van der Waals surface area contributed by atoms with E-state index in [0.29, 0.717) is 12.8 Å². The molecule has 0 bridgehead atoms. The lowest BCUT2D eigenvalue weighted by Gasteiger charge is -2.13. The van der Waals surface area contributed by atoms with Crippen molar-refractivity contribution in [3.63, 3.8) is 0 Å². The molecular formula is C19H40O4S. The van der Waals surface area contributed by atoms with E-state index < -0.39 is 15.4 Å². The minimum absolute atomic E-state index is 0.154. The van der Waals surface area contributed by atoms with Crippen LogP contribution in [0.25, 0.3) is 0 Å². The molecule has 0 amide bonds. The fraction of sp³-hybridized carbons (Fsp3) is 1.00. The summed E-state index contributed by atoms with van der Waals surface area (Å²) in [5.41, 5.74) is 0. The minimum Gasteiger partial charge on any atom is -0.393 e. The van der Waals surface area contributed by atoms with E-state index in [4.69, 9.17) is 0 Å². The predicted molar refractivity (Wildman–Crippen MR) is 102 cm³/mol. The Balaban J connectivity index is 3.67. The van der Waals surface area contributed by atoms with Crippen molar-refractivity contribution in [1.82, 2.24) is 0 Å². The molecule has 2 N–H and O–H groups in total. The Bertz CT molecular complexity index is 368. The molecule has 0 aromatic heterocycles. The van der Waals surface area contributed by atoms with Crippen molar-refractivity contribution in [3.8, 4) is 0 Å². The molecule has 2 unspecified atom stereocenters. The first kappa shape index (κ1) is 23.9. The van der Waals surface area contributed by atoms with E-state index in [1.807, 2.05) is 0 Å². The average molecular weight is 365 g/mol. The zero-order chi connectivity index (χ0) is 18.3. The number of rotatable bonds is 17. The maximum atomic E-state index is 11.4. The van der Waals surface area contributed by atoms with Gasteiger partial charge in [-0.05, 0) is 25.7 Å². The first-order chi connectivity index (χ1) is 11.4. The summed E-state index contributed by atoms with van der Waals surface area (Å²) >= 11 is 0. The Kier molecular flexibility index (Phi) is 15.1. The number of aliphatic hydroxyl groups is 1. The summed E-state index contributed by atoms with van der Waals surface area (Å²) < 4.78 is 32.1. The van der Waals surface area contributed by atoms with Crippen LogP contribution in [0.3, 0.4) is 0 Å². The number of hydrogen-bond acceptors (Lipinski definition) is 3. The fourth-order valence-electron chi connectivity index (χ4n) is 3.12. The molecule has 0 saturated heterocycles. The van der Waals surface area contributed by atoms with Gasteiger partial charge in [-0.1, -0.05) is 84.5 Å². The summed E-state index contributed by atoms with van der Waals surface area (Å²) in [6, 6.07) is 0. The van der Waals surface area contributed by atoms with Gasteiger partial charge in [-0.2, -0.15) is 8.42 Å². The second-order valence-electron chi connectivity index (χ2n) is 7.13. The van der Waals surface area contributed by atoms with Crippen LogP contribution >= 0.6 is 0 Å². The normalized spacial score (nSPS) is 14.7. The molecule has 0 radical (unpaired) electrons. The summed E-state index contributed by atoms with van der Waals surface area (Å²) in [5.74, 6) is 0. The molecule has 0 aliphatic carbocycles. The third-order valence-corrected chi connectivity index (χ3v) is 6.07. The molecule has 0 aromatic carbocycles. The van der Waals surface area contributed by atoms with Crippen LogP contribution in [0, 0.1) is 0 Å². The monoisotopic (exact) mass is 364 g/mol.